The summed E-state index contributed by atoms with van der Waals surface area (Å²) in [7, 11) is 0. The van der Waals surface area contributed by atoms with Crippen LogP contribution in [0.4, 0.5) is 0 Å². The largest absolute Gasteiger partial charge is 0.315 e. The molecule has 1 aliphatic rings. The van der Waals surface area contributed by atoms with Crippen LogP contribution in [0.2, 0.25) is 0 Å². The minimum Gasteiger partial charge on any atom is -0.315 e. The smallest absolute Gasteiger partial charge is 0.0248 e. The van der Waals surface area contributed by atoms with E-state index in [1.54, 1.807) is 11.3 Å². The Hall–Kier alpha value is -0.380. The van der Waals surface area contributed by atoms with Gasteiger partial charge in [-0.3, -0.25) is 4.90 Å². The van der Waals surface area contributed by atoms with Crippen LogP contribution in [0, 0.1) is 0 Å². The zero-order valence-corrected chi connectivity index (χ0v) is 11.8. The van der Waals surface area contributed by atoms with Gasteiger partial charge in [0.25, 0.3) is 0 Å². The average molecular weight is 252 g/mol. The van der Waals surface area contributed by atoms with Crippen LogP contribution in [0.25, 0.3) is 0 Å². The molecule has 0 bridgehead atoms. The molecule has 0 aromatic carbocycles. The fourth-order valence-electron chi connectivity index (χ4n) is 2.25. The van der Waals surface area contributed by atoms with Gasteiger partial charge in [0.05, 0.1) is 0 Å². The van der Waals surface area contributed by atoms with Crippen LogP contribution in [0.15, 0.2) is 16.8 Å². The van der Waals surface area contributed by atoms with Crippen LogP contribution < -0.4 is 5.32 Å². The van der Waals surface area contributed by atoms with E-state index >= 15 is 0 Å². The third-order valence-corrected chi connectivity index (χ3v) is 4.13. The molecule has 0 saturated heterocycles. The molecule has 1 heterocycles. The minimum atomic E-state index is 0.647. The van der Waals surface area contributed by atoms with Crippen molar-refractivity contribution in [3.8, 4) is 0 Å². The van der Waals surface area contributed by atoms with Crippen LogP contribution in [0.5, 0.6) is 0 Å². The summed E-state index contributed by atoms with van der Waals surface area (Å²) in [5.41, 5.74) is 1.48. The highest BCUT2D eigenvalue weighted by Gasteiger charge is 2.31. The molecule has 0 spiro atoms. The van der Waals surface area contributed by atoms with Gasteiger partial charge in [-0.1, -0.05) is 6.92 Å². The number of rotatable bonds is 8. The number of nitrogens with one attached hydrogen (secondary N) is 1. The predicted octanol–water partition coefficient (Wildman–Crippen LogP) is 3.10. The van der Waals surface area contributed by atoms with Crippen molar-refractivity contribution in [3.05, 3.63) is 22.4 Å². The second-order valence-corrected chi connectivity index (χ2v) is 5.87. The van der Waals surface area contributed by atoms with E-state index < -0.39 is 0 Å². The SMILES string of the molecule is CCCNCC(C)N(Cc1ccsc1)C1CC1. The molecule has 1 saturated carbocycles. The van der Waals surface area contributed by atoms with Gasteiger partial charge in [0.1, 0.15) is 0 Å². The molecule has 96 valence electrons. The highest BCUT2D eigenvalue weighted by Crippen LogP contribution is 2.30. The Morgan fingerprint density at radius 3 is 2.94 bits per heavy atom. The number of hydrogen-bond acceptors (Lipinski definition) is 3. The van der Waals surface area contributed by atoms with Crippen molar-refractivity contribution in [3.63, 3.8) is 0 Å². The van der Waals surface area contributed by atoms with Crippen molar-refractivity contribution < 1.29 is 0 Å². The number of nitrogens with zero attached hydrogens (tertiary/aromatic N) is 1. The van der Waals surface area contributed by atoms with E-state index in [4.69, 9.17) is 0 Å². The first-order valence-electron chi connectivity index (χ1n) is 6.78. The van der Waals surface area contributed by atoms with Crippen molar-refractivity contribution in [2.75, 3.05) is 13.1 Å². The van der Waals surface area contributed by atoms with E-state index in [-0.39, 0.29) is 0 Å². The Labute approximate surface area is 109 Å². The second kappa shape index (κ2) is 6.53. The summed E-state index contributed by atoms with van der Waals surface area (Å²) in [4.78, 5) is 2.67. The van der Waals surface area contributed by atoms with Gasteiger partial charge in [0.15, 0.2) is 0 Å². The molecule has 1 aromatic heterocycles. The van der Waals surface area contributed by atoms with Crippen molar-refractivity contribution in [1.29, 1.82) is 0 Å². The molecule has 1 unspecified atom stereocenters. The van der Waals surface area contributed by atoms with Gasteiger partial charge in [0.2, 0.25) is 0 Å². The molecule has 2 rings (SSSR count). The fourth-order valence-corrected chi connectivity index (χ4v) is 2.91. The standard InChI is InChI=1S/C14H24N2S/c1-3-7-15-9-12(2)16(14-4-5-14)10-13-6-8-17-11-13/h6,8,11-12,14-15H,3-5,7,9-10H2,1-2H3. The molecular formula is C14H24N2S. The summed E-state index contributed by atoms with van der Waals surface area (Å²) < 4.78 is 0. The van der Waals surface area contributed by atoms with Gasteiger partial charge in [-0.2, -0.15) is 11.3 Å². The molecule has 1 N–H and O–H groups in total. The highest BCUT2D eigenvalue weighted by molar-refractivity contribution is 7.07. The Bertz CT molecular complexity index is 306. The summed E-state index contributed by atoms with van der Waals surface area (Å²) in [5.74, 6) is 0. The highest BCUT2D eigenvalue weighted by atomic mass is 32.1. The van der Waals surface area contributed by atoms with Gasteiger partial charge < -0.3 is 5.32 Å². The monoisotopic (exact) mass is 252 g/mol. The van der Waals surface area contributed by atoms with Gasteiger partial charge in [-0.05, 0) is 55.1 Å². The summed E-state index contributed by atoms with van der Waals surface area (Å²) in [6.45, 7) is 7.97. The molecule has 3 heteroatoms. The van der Waals surface area contributed by atoms with E-state index in [0.717, 1.165) is 25.7 Å². The van der Waals surface area contributed by atoms with Crippen LogP contribution >= 0.6 is 11.3 Å². The molecule has 17 heavy (non-hydrogen) atoms. The lowest BCUT2D eigenvalue weighted by atomic mass is 10.2. The van der Waals surface area contributed by atoms with Crippen LogP contribution in [-0.2, 0) is 6.54 Å². The first kappa shape index (κ1) is 13.1. The second-order valence-electron chi connectivity index (χ2n) is 5.09. The first-order valence-corrected chi connectivity index (χ1v) is 7.73. The van der Waals surface area contributed by atoms with Crippen molar-refractivity contribution in [2.45, 2.75) is 51.7 Å². The predicted molar refractivity (Wildman–Crippen MR) is 75.5 cm³/mol. The first-order chi connectivity index (χ1) is 8.31. The van der Waals surface area contributed by atoms with Gasteiger partial charge in [0, 0.05) is 25.2 Å². The topological polar surface area (TPSA) is 15.3 Å². The van der Waals surface area contributed by atoms with E-state index in [2.05, 4.69) is 40.9 Å². The Morgan fingerprint density at radius 1 is 1.53 bits per heavy atom. The number of hydrogen-bond donors (Lipinski definition) is 1. The quantitative estimate of drug-likeness (QED) is 0.715. The molecule has 1 aliphatic carbocycles. The number of thiophene rings is 1. The van der Waals surface area contributed by atoms with E-state index in [9.17, 15) is 0 Å². The molecule has 0 amide bonds. The Balaban J connectivity index is 1.83. The summed E-state index contributed by atoms with van der Waals surface area (Å²) in [6.07, 6.45) is 4.01. The normalized spacial score (nSPS) is 17.6. The average Bonchev–Trinajstić information content (AvgIpc) is 3.03. The van der Waals surface area contributed by atoms with Crippen molar-refractivity contribution in [2.24, 2.45) is 0 Å². The summed E-state index contributed by atoms with van der Waals surface area (Å²) in [5, 5.41) is 8.00. The van der Waals surface area contributed by atoms with Crippen molar-refractivity contribution >= 4 is 11.3 Å². The van der Waals surface area contributed by atoms with Crippen molar-refractivity contribution in [1.82, 2.24) is 10.2 Å². The molecule has 1 atom stereocenters. The van der Waals surface area contributed by atoms with Crippen LogP contribution in [0.3, 0.4) is 0 Å². The zero-order chi connectivity index (χ0) is 12.1. The van der Waals surface area contributed by atoms with E-state index in [1.807, 2.05) is 0 Å². The lowest BCUT2D eigenvalue weighted by Crippen LogP contribution is -2.41. The third kappa shape index (κ3) is 4.09. The van der Waals surface area contributed by atoms with Gasteiger partial charge >= 0.3 is 0 Å². The third-order valence-electron chi connectivity index (χ3n) is 3.39. The molecule has 0 radical (unpaired) electrons. The Morgan fingerprint density at radius 2 is 2.35 bits per heavy atom. The lowest BCUT2D eigenvalue weighted by Gasteiger charge is -2.29. The maximum Gasteiger partial charge on any atom is 0.0248 e. The molecule has 1 fully saturated rings. The van der Waals surface area contributed by atoms with Gasteiger partial charge in [-0.25, -0.2) is 0 Å². The summed E-state index contributed by atoms with van der Waals surface area (Å²) >= 11 is 1.80. The molecule has 0 aliphatic heterocycles. The van der Waals surface area contributed by atoms with E-state index in [1.165, 1.54) is 24.8 Å². The van der Waals surface area contributed by atoms with Crippen LogP contribution in [0.1, 0.15) is 38.7 Å². The zero-order valence-electron chi connectivity index (χ0n) is 11.0. The Kier molecular flexibility index (Phi) is 5.01. The van der Waals surface area contributed by atoms with Gasteiger partial charge in [-0.15, -0.1) is 0 Å². The molecular weight excluding hydrogens is 228 g/mol. The fraction of sp³-hybridized carbons (Fsp3) is 0.714. The van der Waals surface area contributed by atoms with Crippen LogP contribution in [-0.4, -0.2) is 30.1 Å². The minimum absolute atomic E-state index is 0.647. The molecule has 1 aromatic rings. The lowest BCUT2D eigenvalue weighted by molar-refractivity contribution is 0.186. The maximum absolute atomic E-state index is 3.54. The summed E-state index contributed by atoms with van der Waals surface area (Å²) in [6, 6.07) is 3.74. The molecule has 2 nitrogen and oxygen atoms in total. The maximum atomic E-state index is 3.54. The van der Waals surface area contributed by atoms with E-state index in [0.29, 0.717) is 6.04 Å².